The van der Waals surface area contributed by atoms with Crippen molar-refractivity contribution in [2.75, 3.05) is 12.4 Å². The van der Waals surface area contributed by atoms with E-state index in [2.05, 4.69) is 24.1 Å². The highest BCUT2D eigenvalue weighted by atomic mass is 16.6. The van der Waals surface area contributed by atoms with Crippen molar-refractivity contribution in [3.63, 3.8) is 0 Å². The molecular formula is C14H23N3O3. The van der Waals surface area contributed by atoms with E-state index in [0.717, 1.165) is 32.1 Å². The van der Waals surface area contributed by atoms with Crippen molar-refractivity contribution in [1.29, 1.82) is 0 Å². The quantitative estimate of drug-likeness (QED) is 0.550. The Kier molecular flexibility index (Phi) is 6.76. The molecule has 1 aromatic heterocycles. The van der Waals surface area contributed by atoms with Crippen LogP contribution in [0.4, 0.5) is 11.5 Å². The Bertz CT molecular complexity index is 438. The van der Waals surface area contributed by atoms with E-state index in [9.17, 15) is 10.1 Å². The number of anilines is 1. The Balaban J connectivity index is 2.93. The Morgan fingerprint density at radius 1 is 1.35 bits per heavy atom. The summed E-state index contributed by atoms with van der Waals surface area (Å²) in [4.78, 5) is 14.8. The lowest BCUT2D eigenvalue weighted by Crippen LogP contribution is -2.20. The van der Waals surface area contributed by atoms with Crippen LogP contribution in [0.2, 0.25) is 0 Å². The van der Waals surface area contributed by atoms with Gasteiger partial charge in [-0.15, -0.1) is 0 Å². The summed E-state index contributed by atoms with van der Waals surface area (Å²) in [5.74, 6) is 0.674. The highest BCUT2D eigenvalue weighted by molar-refractivity contribution is 5.57. The predicted octanol–water partition coefficient (Wildman–Crippen LogP) is 3.77. The van der Waals surface area contributed by atoms with Crippen molar-refractivity contribution in [3.8, 4) is 5.88 Å². The zero-order valence-electron chi connectivity index (χ0n) is 12.4. The second-order valence-electron chi connectivity index (χ2n) is 4.75. The minimum atomic E-state index is -0.419. The third kappa shape index (κ3) is 4.68. The van der Waals surface area contributed by atoms with Gasteiger partial charge in [-0.25, -0.2) is 0 Å². The molecule has 112 valence electrons. The number of nitrogens with one attached hydrogen (secondary N) is 1. The number of nitrogens with zero attached hydrogens (tertiary/aromatic N) is 2. The Morgan fingerprint density at radius 2 is 2.10 bits per heavy atom. The fraction of sp³-hybridized carbons (Fsp3) is 0.643. The molecule has 1 heterocycles. The first-order chi connectivity index (χ1) is 9.62. The molecule has 0 radical (unpaired) electrons. The first-order valence-corrected chi connectivity index (χ1v) is 7.08. The second-order valence-corrected chi connectivity index (χ2v) is 4.75. The number of methoxy groups -OCH3 is 1. The summed E-state index contributed by atoms with van der Waals surface area (Å²) >= 11 is 0. The molecule has 0 saturated heterocycles. The molecule has 6 nitrogen and oxygen atoms in total. The molecule has 0 bridgehead atoms. The van der Waals surface area contributed by atoms with Crippen LogP contribution in [-0.4, -0.2) is 23.1 Å². The lowest BCUT2D eigenvalue weighted by molar-refractivity contribution is -0.384. The third-order valence-corrected chi connectivity index (χ3v) is 3.14. The fourth-order valence-corrected chi connectivity index (χ4v) is 2.08. The summed E-state index contributed by atoms with van der Waals surface area (Å²) in [5, 5.41) is 14.3. The average molecular weight is 281 g/mol. The third-order valence-electron chi connectivity index (χ3n) is 3.14. The van der Waals surface area contributed by atoms with Crippen molar-refractivity contribution in [2.24, 2.45) is 0 Å². The molecule has 1 atom stereocenters. The molecule has 0 aromatic carbocycles. The highest BCUT2D eigenvalue weighted by Crippen LogP contribution is 2.26. The average Bonchev–Trinajstić information content (AvgIpc) is 2.44. The monoisotopic (exact) mass is 281 g/mol. The van der Waals surface area contributed by atoms with Gasteiger partial charge < -0.3 is 10.1 Å². The van der Waals surface area contributed by atoms with Gasteiger partial charge >= 0.3 is 5.69 Å². The van der Waals surface area contributed by atoms with Crippen molar-refractivity contribution in [2.45, 2.75) is 52.0 Å². The van der Waals surface area contributed by atoms with E-state index in [1.54, 1.807) is 0 Å². The van der Waals surface area contributed by atoms with Gasteiger partial charge in [0.25, 0.3) is 0 Å². The standard InChI is InChI=1S/C14H23N3O3/c1-4-6-8-11(7-5-2)15-14-12(17(18)19)9-10-13(16-14)20-3/h9-11H,4-8H2,1-3H3,(H,15,16). The van der Waals surface area contributed by atoms with Crippen LogP contribution in [0.5, 0.6) is 5.88 Å². The maximum absolute atomic E-state index is 11.1. The SMILES string of the molecule is CCCCC(CCC)Nc1nc(OC)ccc1[N+](=O)[O-]. The van der Waals surface area contributed by atoms with Crippen LogP contribution in [0.3, 0.4) is 0 Å². The van der Waals surface area contributed by atoms with E-state index < -0.39 is 4.92 Å². The number of pyridine rings is 1. The minimum Gasteiger partial charge on any atom is -0.481 e. The number of aromatic nitrogens is 1. The maximum atomic E-state index is 11.1. The molecule has 0 spiro atoms. The van der Waals surface area contributed by atoms with Gasteiger partial charge in [-0.2, -0.15) is 4.98 Å². The van der Waals surface area contributed by atoms with E-state index in [1.807, 2.05) is 0 Å². The number of nitro groups is 1. The van der Waals surface area contributed by atoms with Crippen molar-refractivity contribution < 1.29 is 9.66 Å². The lowest BCUT2D eigenvalue weighted by atomic mass is 10.1. The highest BCUT2D eigenvalue weighted by Gasteiger charge is 2.19. The van der Waals surface area contributed by atoms with E-state index in [-0.39, 0.29) is 11.7 Å². The van der Waals surface area contributed by atoms with Crippen LogP contribution >= 0.6 is 0 Å². The van der Waals surface area contributed by atoms with Crippen molar-refractivity contribution in [3.05, 3.63) is 22.2 Å². The van der Waals surface area contributed by atoms with Crippen molar-refractivity contribution in [1.82, 2.24) is 4.98 Å². The first-order valence-electron chi connectivity index (χ1n) is 7.08. The van der Waals surface area contributed by atoms with Gasteiger partial charge in [0.2, 0.25) is 11.7 Å². The molecule has 0 aliphatic rings. The van der Waals surface area contributed by atoms with Crippen LogP contribution in [0.1, 0.15) is 46.0 Å². The molecule has 0 fully saturated rings. The van der Waals surface area contributed by atoms with E-state index in [0.29, 0.717) is 11.7 Å². The fourth-order valence-electron chi connectivity index (χ4n) is 2.08. The summed E-state index contributed by atoms with van der Waals surface area (Å²) in [6, 6.07) is 3.14. The number of hydrogen-bond donors (Lipinski definition) is 1. The van der Waals surface area contributed by atoms with Gasteiger partial charge in [0.1, 0.15) is 0 Å². The summed E-state index contributed by atoms with van der Waals surface area (Å²) in [5.41, 5.74) is -0.0107. The van der Waals surface area contributed by atoms with E-state index in [1.165, 1.54) is 19.2 Å². The second kappa shape index (κ2) is 8.35. The Morgan fingerprint density at radius 3 is 2.65 bits per heavy atom. The number of ether oxygens (including phenoxy) is 1. The summed E-state index contributed by atoms with van der Waals surface area (Å²) in [6.45, 7) is 4.24. The van der Waals surface area contributed by atoms with E-state index >= 15 is 0 Å². The lowest BCUT2D eigenvalue weighted by Gasteiger charge is -2.18. The molecule has 1 aromatic rings. The molecule has 20 heavy (non-hydrogen) atoms. The summed E-state index contributed by atoms with van der Waals surface area (Å²) < 4.78 is 5.04. The molecule has 0 amide bonds. The molecular weight excluding hydrogens is 258 g/mol. The first kappa shape index (κ1) is 16.2. The van der Waals surface area contributed by atoms with Crippen molar-refractivity contribution >= 4 is 11.5 Å². The van der Waals surface area contributed by atoms with Crippen LogP contribution in [0.15, 0.2) is 12.1 Å². The zero-order valence-corrected chi connectivity index (χ0v) is 12.4. The van der Waals surface area contributed by atoms with Gasteiger partial charge in [-0.1, -0.05) is 33.1 Å². The number of unbranched alkanes of at least 4 members (excludes halogenated alkanes) is 1. The van der Waals surface area contributed by atoms with Crippen LogP contribution < -0.4 is 10.1 Å². The molecule has 6 heteroatoms. The van der Waals surface area contributed by atoms with E-state index in [4.69, 9.17) is 4.74 Å². The largest absolute Gasteiger partial charge is 0.481 e. The Labute approximate surface area is 119 Å². The maximum Gasteiger partial charge on any atom is 0.311 e. The zero-order chi connectivity index (χ0) is 15.0. The van der Waals surface area contributed by atoms with Gasteiger partial charge in [-0.3, -0.25) is 10.1 Å². The molecule has 0 aliphatic heterocycles. The minimum absolute atomic E-state index is 0.0107. The number of hydrogen-bond acceptors (Lipinski definition) is 5. The molecule has 1 rings (SSSR count). The molecule has 0 saturated carbocycles. The molecule has 1 N–H and O–H groups in total. The Hall–Kier alpha value is -1.85. The van der Waals surface area contributed by atoms with Crippen LogP contribution in [0.25, 0.3) is 0 Å². The van der Waals surface area contributed by atoms with Gasteiger partial charge in [0.15, 0.2) is 0 Å². The topological polar surface area (TPSA) is 77.3 Å². The van der Waals surface area contributed by atoms with Gasteiger partial charge in [0, 0.05) is 18.2 Å². The smallest absolute Gasteiger partial charge is 0.311 e. The van der Waals surface area contributed by atoms with Gasteiger partial charge in [-0.05, 0) is 12.8 Å². The van der Waals surface area contributed by atoms with Gasteiger partial charge in [0.05, 0.1) is 12.0 Å². The predicted molar refractivity (Wildman–Crippen MR) is 79.3 cm³/mol. The molecule has 1 unspecified atom stereocenters. The number of rotatable bonds is 9. The summed E-state index contributed by atoms with van der Waals surface area (Å²) in [7, 11) is 1.50. The van der Waals surface area contributed by atoms with Crippen LogP contribution in [0, 0.1) is 10.1 Å². The van der Waals surface area contributed by atoms with Crippen LogP contribution in [-0.2, 0) is 0 Å². The molecule has 0 aliphatic carbocycles. The summed E-state index contributed by atoms with van der Waals surface area (Å²) in [6.07, 6.45) is 5.18. The normalized spacial score (nSPS) is 11.9.